The molecule has 0 radical (unpaired) electrons. The molecule has 0 saturated heterocycles. The molecule has 1 aromatic carbocycles. The van der Waals surface area contributed by atoms with Gasteiger partial charge in [-0.1, -0.05) is 18.6 Å². The van der Waals surface area contributed by atoms with Crippen LogP contribution in [0.25, 0.3) is 0 Å². The molecule has 1 amide bonds. The summed E-state index contributed by atoms with van der Waals surface area (Å²) in [6.45, 7) is 0.696. The first-order chi connectivity index (χ1) is 9.59. The minimum Gasteiger partial charge on any atom is -0.489 e. The van der Waals surface area contributed by atoms with Gasteiger partial charge in [0.15, 0.2) is 11.6 Å². The highest BCUT2D eigenvalue weighted by Gasteiger charge is 2.31. The topological polar surface area (TPSA) is 55.6 Å². The summed E-state index contributed by atoms with van der Waals surface area (Å²) in [6.07, 6.45) is 2.78. The molecule has 2 atom stereocenters. The van der Waals surface area contributed by atoms with Crippen LogP contribution in [0, 0.1) is 11.7 Å². The molecule has 1 aromatic rings. The molecular formula is C15H21FN2O2. The van der Waals surface area contributed by atoms with E-state index in [0.717, 1.165) is 19.3 Å². The Bertz CT molecular complexity index is 467. The summed E-state index contributed by atoms with van der Waals surface area (Å²) in [5, 5.41) is 0. The maximum absolute atomic E-state index is 13.3. The van der Waals surface area contributed by atoms with Crippen LogP contribution in [0.15, 0.2) is 24.3 Å². The van der Waals surface area contributed by atoms with Gasteiger partial charge in [0.2, 0.25) is 5.91 Å². The van der Waals surface area contributed by atoms with Crippen LogP contribution < -0.4 is 10.5 Å². The number of amides is 1. The van der Waals surface area contributed by atoms with Crippen LogP contribution in [0.3, 0.4) is 0 Å². The first-order valence-electron chi connectivity index (χ1n) is 6.97. The lowest BCUT2D eigenvalue weighted by molar-refractivity contribution is -0.134. The predicted molar refractivity (Wildman–Crippen MR) is 74.8 cm³/mol. The summed E-state index contributed by atoms with van der Waals surface area (Å²) in [7, 11) is 1.73. The summed E-state index contributed by atoms with van der Waals surface area (Å²) in [6, 6.07) is 6.22. The normalized spacial score (nSPS) is 21.8. The first kappa shape index (κ1) is 14.8. The second-order valence-electron chi connectivity index (χ2n) is 5.24. The van der Waals surface area contributed by atoms with Crippen LogP contribution in [0.5, 0.6) is 5.75 Å². The smallest absolute Gasteiger partial charge is 0.227 e. The Labute approximate surface area is 118 Å². The van der Waals surface area contributed by atoms with Gasteiger partial charge in [-0.05, 0) is 25.0 Å². The van der Waals surface area contributed by atoms with Crippen LogP contribution >= 0.6 is 0 Å². The third-order valence-corrected chi connectivity index (χ3v) is 3.78. The fourth-order valence-electron chi connectivity index (χ4n) is 2.54. The van der Waals surface area contributed by atoms with E-state index >= 15 is 0 Å². The number of rotatable bonds is 5. The van der Waals surface area contributed by atoms with Gasteiger partial charge in [0, 0.05) is 13.1 Å². The highest BCUT2D eigenvalue weighted by Crippen LogP contribution is 2.25. The molecule has 0 spiro atoms. The van der Waals surface area contributed by atoms with Gasteiger partial charge in [0.05, 0.1) is 12.5 Å². The number of hydrogen-bond acceptors (Lipinski definition) is 3. The number of carbonyl (C=O) groups excluding carboxylic acids is 1. The van der Waals surface area contributed by atoms with Gasteiger partial charge < -0.3 is 15.4 Å². The fourth-order valence-corrected chi connectivity index (χ4v) is 2.54. The van der Waals surface area contributed by atoms with Gasteiger partial charge in [-0.3, -0.25) is 4.79 Å². The minimum atomic E-state index is -0.390. The van der Waals surface area contributed by atoms with E-state index in [1.54, 1.807) is 30.1 Å². The number of hydrogen-bond donors (Lipinski definition) is 1. The van der Waals surface area contributed by atoms with Gasteiger partial charge in [-0.2, -0.15) is 0 Å². The molecule has 4 nitrogen and oxygen atoms in total. The number of benzene rings is 1. The number of nitrogens with zero attached hydrogens (tertiary/aromatic N) is 1. The molecule has 5 heteroatoms. The van der Waals surface area contributed by atoms with E-state index < -0.39 is 0 Å². The zero-order valence-corrected chi connectivity index (χ0v) is 11.7. The third kappa shape index (κ3) is 3.48. The molecule has 110 valence electrons. The van der Waals surface area contributed by atoms with Gasteiger partial charge in [0.25, 0.3) is 0 Å². The summed E-state index contributed by atoms with van der Waals surface area (Å²) < 4.78 is 18.7. The summed E-state index contributed by atoms with van der Waals surface area (Å²) in [5.74, 6) is -0.189. The van der Waals surface area contributed by atoms with Crippen molar-refractivity contribution >= 4 is 5.91 Å². The van der Waals surface area contributed by atoms with E-state index in [9.17, 15) is 9.18 Å². The standard InChI is InChI=1S/C15H21FN2O2/c1-18(15(19)11-5-4-7-13(11)17)9-10-20-14-8-3-2-6-12(14)16/h2-3,6,8,11,13H,4-5,7,9-10,17H2,1H3/t11-,13-/m0/s1. The van der Waals surface area contributed by atoms with Crippen molar-refractivity contribution in [3.05, 3.63) is 30.1 Å². The molecule has 0 aliphatic heterocycles. The Balaban J connectivity index is 1.79. The molecule has 20 heavy (non-hydrogen) atoms. The number of likely N-dealkylation sites (N-methyl/N-ethyl adjacent to an activating group) is 1. The van der Waals surface area contributed by atoms with Crippen molar-refractivity contribution in [3.8, 4) is 5.75 Å². The Kier molecular flexibility index (Phi) is 4.95. The minimum absolute atomic E-state index is 0.0302. The lowest BCUT2D eigenvalue weighted by atomic mass is 10.0. The van der Waals surface area contributed by atoms with Gasteiger partial charge >= 0.3 is 0 Å². The highest BCUT2D eigenvalue weighted by molar-refractivity contribution is 5.79. The second kappa shape index (κ2) is 6.70. The molecule has 0 unspecified atom stereocenters. The maximum atomic E-state index is 13.3. The Morgan fingerprint density at radius 2 is 2.20 bits per heavy atom. The molecule has 0 aromatic heterocycles. The van der Waals surface area contributed by atoms with Crippen molar-refractivity contribution in [3.63, 3.8) is 0 Å². The zero-order valence-electron chi connectivity index (χ0n) is 11.7. The monoisotopic (exact) mass is 280 g/mol. The lowest BCUT2D eigenvalue weighted by Gasteiger charge is -2.23. The highest BCUT2D eigenvalue weighted by atomic mass is 19.1. The molecular weight excluding hydrogens is 259 g/mol. The molecule has 0 bridgehead atoms. The van der Waals surface area contributed by atoms with E-state index in [0.29, 0.717) is 6.54 Å². The number of para-hydroxylation sites is 1. The van der Waals surface area contributed by atoms with Crippen LogP contribution in [-0.2, 0) is 4.79 Å². The van der Waals surface area contributed by atoms with Gasteiger partial charge in [-0.15, -0.1) is 0 Å². The van der Waals surface area contributed by atoms with Crippen LogP contribution in [0.4, 0.5) is 4.39 Å². The van der Waals surface area contributed by atoms with E-state index in [2.05, 4.69) is 0 Å². The fraction of sp³-hybridized carbons (Fsp3) is 0.533. The zero-order chi connectivity index (χ0) is 14.5. The molecule has 1 saturated carbocycles. The molecule has 1 aliphatic rings. The number of carbonyl (C=O) groups is 1. The SMILES string of the molecule is CN(CCOc1ccccc1F)C(=O)[C@H]1CCC[C@@H]1N. The number of ether oxygens (including phenoxy) is 1. The largest absolute Gasteiger partial charge is 0.489 e. The average molecular weight is 280 g/mol. The molecule has 1 aliphatic carbocycles. The predicted octanol–water partition coefficient (Wildman–Crippen LogP) is 1.79. The summed E-state index contributed by atoms with van der Waals surface area (Å²) in [5.41, 5.74) is 5.93. The van der Waals surface area contributed by atoms with Crippen molar-refractivity contribution < 1.29 is 13.9 Å². The van der Waals surface area contributed by atoms with Crippen molar-refractivity contribution in [2.75, 3.05) is 20.2 Å². The molecule has 0 heterocycles. The summed E-state index contributed by atoms with van der Waals surface area (Å²) in [4.78, 5) is 13.8. The van der Waals surface area contributed by atoms with E-state index in [4.69, 9.17) is 10.5 Å². The van der Waals surface area contributed by atoms with E-state index in [-0.39, 0.29) is 36.0 Å². The Morgan fingerprint density at radius 1 is 1.45 bits per heavy atom. The summed E-state index contributed by atoms with van der Waals surface area (Å²) >= 11 is 0. The van der Waals surface area contributed by atoms with Crippen LogP contribution in [-0.4, -0.2) is 37.0 Å². The average Bonchev–Trinajstić information content (AvgIpc) is 2.86. The van der Waals surface area contributed by atoms with Crippen molar-refractivity contribution in [2.24, 2.45) is 11.7 Å². The number of nitrogens with two attached hydrogens (primary N) is 1. The number of halogens is 1. The van der Waals surface area contributed by atoms with Crippen LogP contribution in [0.1, 0.15) is 19.3 Å². The maximum Gasteiger partial charge on any atom is 0.227 e. The third-order valence-electron chi connectivity index (χ3n) is 3.78. The van der Waals surface area contributed by atoms with Crippen molar-refractivity contribution in [1.29, 1.82) is 0 Å². The molecule has 2 rings (SSSR count). The quantitative estimate of drug-likeness (QED) is 0.894. The Hall–Kier alpha value is -1.62. The first-order valence-corrected chi connectivity index (χ1v) is 6.97. The van der Waals surface area contributed by atoms with Crippen molar-refractivity contribution in [2.45, 2.75) is 25.3 Å². The van der Waals surface area contributed by atoms with E-state index in [1.165, 1.54) is 6.07 Å². The molecule has 2 N–H and O–H groups in total. The van der Waals surface area contributed by atoms with Crippen LogP contribution in [0.2, 0.25) is 0 Å². The van der Waals surface area contributed by atoms with Gasteiger partial charge in [0.1, 0.15) is 6.61 Å². The molecule has 1 fully saturated rings. The van der Waals surface area contributed by atoms with Crippen molar-refractivity contribution in [1.82, 2.24) is 4.90 Å². The van der Waals surface area contributed by atoms with Gasteiger partial charge in [-0.25, -0.2) is 4.39 Å². The second-order valence-corrected chi connectivity index (χ2v) is 5.24. The van der Waals surface area contributed by atoms with E-state index in [1.807, 2.05) is 0 Å². The lowest BCUT2D eigenvalue weighted by Crippen LogP contribution is -2.41. The Morgan fingerprint density at radius 3 is 2.85 bits per heavy atom.